The molecule has 1 spiro atoms. The van der Waals surface area contributed by atoms with Gasteiger partial charge in [0.05, 0.1) is 5.69 Å². The summed E-state index contributed by atoms with van der Waals surface area (Å²) in [6.07, 6.45) is 10.0. The number of rotatable bonds is 1. The number of nitrogens with two attached hydrogens (primary N) is 2. The smallest absolute Gasteiger partial charge is 0.222 e. The lowest BCUT2D eigenvalue weighted by molar-refractivity contribution is 0.357. The molecule has 1 aromatic rings. The van der Waals surface area contributed by atoms with Crippen molar-refractivity contribution < 1.29 is 0 Å². The summed E-state index contributed by atoms with van der Waals surface area (Å²) in [7, 11) is 0. The molecule has 0 radical (unpaired) electrons. The van der Waals surface area contributed by atoms with Gasteiger partial charge in [-0.25, -0.2) is 4.98 Å². The van der Waals surface area contributed by atoms with Crippen molar-refractivity contribution in [2.75, 3.05) is 23.7 Å². The fourth-order valence-electron chi connectivity index (χ4n) is 5.37. The average molecular weight is 299 g/mol. The molecule has 1 saturated heterocycles. The maximum absolute atomic E-state index is 6.39. The van der Waals surface area contributed by atoms with E-state index in [4.69, 9.17) is 16.5 Å². The number of nitrogen functional groups attached to an aromatic ring is 1. The molecule has 2 saturated carbocycles. The van der Waals surface area contributed by atoms with Crippen LogP contribution in [0.5, 0.6) is 0 Å². The van der Waals surface area contributed by atoms with Crippen LogP contribution >= 0.6 is 0 Å². The molecular weight excluding hydrogens is 274 g/mol. The molecule has 22 heavy (non-hydrogen) atoms. The molecule has 1 unspecified atom stereocenters. The van der Waals surface area contributed by atoms with Gasteiger partial charge in [0.1, 0.15) is 5.82 Å². The molecule has 0 aromatic carbocycles. The van der Waals surface area contributed by atoms with Crippen LogP contribution in [-0.4, -0.2) is 28.6 Å². The van der Waals surface area contributed by atoms with Gasteiger partial charge in [-0.05, 0) is 44.4 Å². The SMILES string of the molecule is Nc1nc(N2CC3C[C@]3(N)C2)c2c(n1)C1(CCCC1)CCC2. The Morgan fingerprint density at radius 3 is 2.59 bits per heavy atom. The third-order valence-electron chi connectivity index (χ3n) is 6.65. The summed E-state index contributed by atoms with van der Waals surface area (Å²) in [5.74, 6) is 2.21. The van der Waals surface area contributed by atoms with E-state index < -0.39 is 0 Å². The van der Waals surface area contributed by atoms with E-state index in [0.29, 0.717) is 17.3 Å². The maximum atomic E-state index is 6.39. The van der Waals surface area contributed by atoms with Crippen LogP contribution in [0.25, 0.3) is 0 Å². The number of nitrogens with zero attached hydrogens (tertiary/aromatic N) is 3. The number of piperidine rings is 1. The van der Waals surface area contributed by atoms with Crippen LogP contribution in [0, 0.1) is 5.92 Å². The highest BCUT2D eigenvalue weighted by atomic mass is 15.3. The summed E-state index contributed by atoms with van der Waals surface area (Å²) in [5, 5.41) is 0. The van der Waals surface area contributed by atoms with Crippen molar-refractivity contribution in [2.24, 2.45) is 11.7 Å². The highest BCUT2D eigenvalue weighted by Gasteiger charge is 2.58. The number of fused-ring (bicyclic) bond motifs is 3. The van der Waals surface area contributed by atoms with Crippen LogP contribution in [0.3, 0.4) is 0 Å². The van der Waals surface area contributed by atoms with Gasteiger partial charge in [-0.15, -0.1) is 0 Å². The molecule has 0 amide bonds. The highest BCUT2D eigenvalue weighted by Crippen LogP contribution is 2.52. The van der Waals surface area contributed by atoms with E-state index >= 15 is 0 Å². The van der Waals surface area contributed by atoms with Crippen molar-refractivity contribution in [3.8, 4) is 0 Å². The molecule has 0 bridgehead atoms. The minimum Gasteiger partial charge on any atom is -0.368 e. The minimum absolute atomic E-state index is 0.0479. The van der Waals surface area contributed by atoms with Gasteiger partial charge in [-0.3, -0.25) is 0 Å². The third-order valence-corrected chi connectivity index (χ3v) is 6.65. The fourth-order valence-corrected chi connectivity index (χ4v) is 5.37. The first-order valence-corrected chi connectivity index (χ1v) is 8.80. The second-order valence-corrected chi connectivity index (χ2v) is 8.09. The van der Waals surface area contributed by atoms with Gasteiger partial charge in [0.25, 0.3) is 0 Å². The third kappa shape index (κ3) is 1.69. The summed E-state index contributed by atoms with van der Waals surface area (Å²) in [5.41, 5.74) is 15.5. The van der Waals surface area contributed by atoms with Gasteiger partial charge < -0.3 is 16.4 Å². The molecule has 5 heteroatoms. The number of hydrogen-bond acceptors (Lipinski definition) is 5. The zero-order valence-electron chi connectivity index (χ0n) is 13.1. The quantitative estimate of drug-likeness (QED) is 0.825. The Labute approximate surface area is 131 Å². The summed E-state index contributed by atoms with van der Waals surface area (Å²) >= 11 is 0. The second kappa shape index (κ2) is 4.13. The van der Waals surface area contributed by atoms with E-state index in [1.165, 1.54) is 56.2 Å². The number of aromatic nitrogens is 2. The lowest BCUT2D eigenvalue weighted by Gasteiger charge is -2.36. The van der Waals surface area contributed by atoms with E-state index in [1.54, 1.807) is 0 Å². The first kappa shape index (κ1) is 13.1. The molecule has 1 aromatic heterocycles. The van der Waals surface area contributed by atoms with E-state index in [9.17, 15) is 0 Å². The lowest BCUT2D eigenvalue weighted by Crippen LogP contribution is -2.36. The number of anilines is 2. The first-order chi connectivity index (χ1) is 10.6. The predicted molar refractivity (Wildman–Crippen MR) is 86.8 cm³/mol. The molecule has 1 aliphatic heterocycles. The van der Waals surface area contributed by atoms with Crippen LogP contribution in [0.2, 0.25) is 0 Å². The zero-order valence-corrected chi connectivity index (χ0v) is 13.1. The molecule has 2 atom stereocenters. The Morgan fingerprint density at radius 1 is 1.09 bits per heavy atom. The molecule has 2 heterocycles. The topological polar surface area (TPSA) is 81.1 Å². The summed E-state index contributed by atoms with van der Waals surface area (Å²) in [6, 6.07) is 0. The Bertz CT molecular complexity index is 636. The maximum Gasteiger partial charge on any atom is 0.222 e. The molecule has 4 N–H and O–H groups in total. The van der Waals surface area contributed by atoms with Gasteiger partial charge in [-0.1, -0.05) is 12.8 Å². The van der Waals surface area contributed by atoms with Crippen molar-refractivity contribution in [2.45, 2.75) is 62.3 Å². The van der Waals surface area contributed by atoms with Crippen molar-refractivity contribution >= 4 is 11.8 Å². The van der Waals surface area contributed by atoms with Crippen molar-refractivity contribution in [3.05, 3.63) is 11.3 Å². The highest BCUT2D eigenvalue weighted by molar-refractivity contribution is 5.57. The molecule has 5 rings (SSSR count). The summed E-state index contributed by atoms with van der Waals surface area (Å²) in [4.78, 5) is 11.8. The fraction of sp³-hybridized carbons (Fsp3) is 0.765. The molecule has 3 aliphatic carbocycles. The van der Waals surface area contributed by atoms with Crippen LogP contribution < -0.4 is 16.4 Å². The standard InChI is InChI=1S/C17H25N5/c18-15-20-13-12(4-3-7-16(13)5-1-2-6-16)14(21-15)22-9-11-8-17(11,19)10-22/h11H,1-10,19H2,(H2,18,20,21)/t11?,17-/m0/s1. The van der Waals surface area contributed by atoms with Gasteiger partial charge in [-0.2, -0.15) is 4.98 Å². The summed E-state index contributed by atoms with van der Waals surface area (Å²) in [6.45, 7) is 1.99. The van der Waals surface area contributed by atoms with Crippen LogP contribution in [0.4, 0.5) is 11.8 Å². The minimum atomic E-state index is 0.0479. The molecule has 4 aliphatic rings. The van der Waals surface area contributed by atoms with Crippen LogP contribution in [0.1, 0.15) is 56.2 Å². The Kier molecular flexibility index (Phi) is 2.46. The van der Waals surface area contributed by atoms with Gasteiger partial charge in [0.2, 0.25) is 5.95 Å². The molecular formula is C17H25N5. The average Bonchev–Trinajstić information content (AvgIpc) is 2.87. The first-order valence-electron chi connectivity index (χ1n) is 8.80. The van der Waals surface area contributed by atoms with E-state index in [-0.39, 0.29) is 5.54 Å². The normalized spacial score (nSPS) is 34.8. The van der Waals surface area contributed by atoms with Gasteiger partial charge >= 0.3 is 0 Å². The molecule has 118 valence electrons. The number of hydrogen-bond donors (Lipinski definition) is 2. The largest absolute Gasteiger partial charge is 0.368 e. The second-order valence-electron chi connectivity index (χ2n) is 8.09. The Balaban J connectivity index is 1.60. The monoisotopic (exact) mass is 299 g/mol. The van der Waals surface area contributed by atoms with E-state index in [2.05, 4.69) is 9.88 Å². The van der Waals surface area contributed by atoms with Crippen LogP contribution in [-0.2, 0) is 11.8 Å². The van der Waals surface area contributed by atoms with Crippen LogP contribution in [0.15, 0.2) is 0 Å². The predicted octanol–water partition coefficient (Wildman–Crippen LogP) is 1.74. The van der Waals surface area contributed by atoms with Crippen molar-refractivity contribution in [1.82, 2.24) is 9.97 Å². The van der Waals surface area contributed by atoms with Gasteiger partial charge in [0, 0.05) is 29.6 Å². The van der Waals surface area contributed by atoms with Crippen molar-refractivity contribution in [1.29, 1.82) is 0 Å². The van der Waals surface area contributed by atoms with Gasteiger partial charge in [0.15, 0.2) is 0 Å². The van der Waals surface area contributed by atoms with E-state index in [0.717, 1.165) is 25.3 Å². The van der Waals surface area contributed by atoms with Crippen molar-refractivity contribution in [3.63, 3.8) is 0 Å². The molecule has 5 nitrogen and oxygen atoms in total. The summed E-state index contributed by atoms with van der Waals surface area (Å²) < 4.78 is 0. The van der Waals surface area contributed by atoms with E-state index in [1.807, 2.05) is 0 Å². The Morgan fingerprint density at radius 2 is 1.86 bits per heavy atom. The lowest BCUT2D eigenvalue weighted by atomic mass is 9.71. The Hall–Kier alpha value is -1.36. The molecule has 3 fully saturated rings. The zero-order chi connectivity index (χ0) is 14.9.